The van der Waals surface area contributed by atoms with Crippen molar-refractivity contribution in [2.45, 2.75) is 57.4 Å². The lowest BCUT2D eigenvalue weighted by Crippen LogP contribution is -2.41. The van der Waals surface area contributed by atoms with E-state index in [4.69, 9.17) is 9.63 Å². The number of anilines is 1. The molecule has 1 aromatic carbocycles. The number of hydrogen-bond donors (Lipinski definition) is 3. The summed E-state index contributed by atoms with van der Waals surface area (Å²) in [6, 6.07) is 5.32. The van der Waals surface area contributed by atoms with Crippen LogP contribution >= 0.6 is 0 Å². The zero-order valence-corrected chi connectivity index (χ0v) is 15.8. The average molecular weight is 384 g/mol. The number of rotatable bonds is 5. The summed E-state index contributed by atoms with van der Waals surface area (Å²) in [6.45, 7) is 1.96. The number of urea groups is 1. The Kier molecular flexibility index (Phi) is 5.02. The second kappa shape index (κ2) is 7.61. The van der Waals surface area contributed by atoms with Crippen LogP contribution in [0, 0.1) is 12.8 Å². The number of aryl methyl sites for hydroxylation is 1. The Morgan fingerprint density at radius 1 is 1.14 bits per heavy atom. The van der Waals surface area contributed by atoms with Crippen LogP contribution in [0.2, 0.25) is 0 Å². The minimum Gasteiger partial charge on any atom is -0.481 e. The molecular weight excluding hydrogens is 360 g/mol. The third kappa shape index (κ3) is 4.16. The van der Waals surface area contributed by atoms with Gasteiger partial charge in [0.15, 0.2) is 5.82 Å². The van der Waals surface area contributed by atoms with Crippen LogP contribution in [0.4, 0.5) is 10.5 Å². The van der Waals surface area contributed by atoms with E-state index in [2.05, 4.69) is 20.8 Å². The molecule has 2 saturated carbocycles. The SMILES string of the molecule is Cc1ccc(NC(=O)NC2CCC(C(=O)O)CC2)c(-c2nc(C3CC3)no2)c1. The van der Waals surface area contributed by atoms with Crippen LogP contribution in [0.1, 0.15) is 55.8 Å². The Morgan fingerprint density at radius 3 is 2.57 bits per heavy atom. The number of amides is 2. The highest BCUT2D eigenvalue weighted by molar-refractivity contribution is 5.93. The van der Waals surface area contributed by atoms with Crippen molar-refractivity contribution in [3.8, 4) is 11.5 Å². The zero-order valence-electron chi connectivity index (χ0n) is 15.8. The second-order valence-electron chi connectivity index (χ2n) is 7.77. The van der Waals surface area contributed by atoms with Gasteiger partial charge in [0.1, 0.15) is 0 Å². The number of carboxylic acid groups (broad SMARTS) is 1. The topological polar surface area (TPSA) is 117 Å². The van der Waals surface area contributed by atoms with Gasteiger partial charge in [-0.25, -0.2) is 4.79 Å². The Labute approximate surface area is 162 Å². The Bertz CT molecular complexity index is 882. The summed E-state index contributed by atoms with van der Waals surface area (Å²) in [4.78, 5) is 28.0. The van der Waals surface area contributed by atoms with Gasteiger partial charge in [-0.1, -0.05) is 16.8 Å². The van der Waals surface area contributed by atoms with Gasteiger partial charge in [0.25, 0.3) is 5.89 Å². The quantitative estimate of drug-likeness (QED) is 0.724. The summed E-state index contributed by atoms with van der Waals surface area (Å²) in [5.74, 6) is 0.466. The van der Waals surface area contributed by atoms with Crippen molar-refractivity contribution < 1.29 is 19.2 Å². The van der Waals surface area contributed by atoms with Crippen molar-refractivity contribution in [1.29, 1.82) is 0 Å². The highest BCUT2D eigenvalue weighted by Gasteiger charge is 2.30. The maximum absolute atomic E-state index is 12.5. The van der Waals surface area contributed by atoms with E-state index in [1.54, 1.807) is 0 Å². The highest BCUT2D eigenvalue weighted by Crippen LogP contribution is 2.39. The van der Waals surface area contributed by atoms with Gasteiger partial charge in [-0.15, -0.1) is 0 Å². The van der Waals surface area contributed by atoms with Crippen molar-refractivity contribution >= 4 is 17.7 Å². The molecule has 0 spiro atoms. The van der Waals surface area contributed by atoms with E-state index in [-0.39, 0.29) is 18.0 Å². The van der Waals surface area contributed by atoms with Crippen LogP contribution in [0.3, 0.4) is 0 Å². The summed E-state index contributed by atoms with van der Waals surface area (Å²) < 4.78 is 5.42. The first-order valence-corrected chi connectivity index (χ1v) is 9.74. The van der Waals surface area contributed by atoms with Gasteiger partial charge in [-0.05, 0) is 57.6 Å². The molecule has 3 N–H and O–H groups in total. The molecule has 148 valence electrons. The molecule has 0 radical (unpaired) electrons. The average Bonchev–Trinajstić information content (AvgIpc) is 3.41. The number of carbonyl (C=O) groups excluding carboxylic acids is 1. The molecule has 8 heteroatoms. The van der Waals surface area contributed by atoms with E-state index in [1.165, 1.54) is 0 Å². The summed E-state index contributed by atoms with van der Waals surface area (Å²) in [5, 5.41) is 19.0. The normalized spacial score (nSPS) is 21.9. The van der Waals surface area contributed by atoms with Crippen molar-refractivity contribution in [1.82, 2.24) is 15.5 Å². The number of nitrogens with one attached hydrogen (secondary N) is 2. The molecule has 0 bridgehead atoms. The highest BCUT2D eigenvalue weighted by atomic mass is 16.5. The Morgan fingerprint density at radius 2 is 1.89 bits per heavy atom. The van der Waals surface area contributed by atoms with E-state index in [0.717, 1.165) is 24.2 Å². The van der Waals surface area contributed by atoms with Crippen LogP contribution in [-0.4, -0.2) is 33.3 Å². The van der Waals surface area contributed by atoms with Crippen LogP contribution in [-0.2, 0) is 4.79 Å². The maximum Gasteiger partial charge on any atom is 0.319 e. The smallest absolute Gasteiger partial charge is 0.319 e. The van der Waals surface area contributed by atoms with Gasteiger partial charge < -0.3 is 20.3 Å². The predicted molar refractivity (Wildman–Crippen MR) is 102 cm³/mol. The predicted octanol–water partition coefficient (Wildman–Crippen LogP) is 3.69. The Hall–Kier alpha value is -2.90. The number of benzene rings is 1. The summed E-state index contributed by atoms with van der Waals surface area (Å²) in [7, 11) is 0. The minimum absolute atomic E-state index is 0.0191. The molecule has 2 amide bonds. The standard InChI is InChI=1S/C20H24N4O4/c1-11-2-9-16(15(10-11)18-23-17(24-28-18)12-3-4-12)22-20(27)21-14-7-5-13(6-8-14)19(25)26/h2,9-10,12-14H,3-8H2,1H3,(H,25,26)(H2,21,22,27). The number of carboxylic acids is 1. The number of hydrogen-bond acceptors (Lipinski definition) is 5. The fraction of sp³-hybridized carbons (Fsp3) is 0.500. The lowest BCUT2D eigenvalue weighted by molar-refractivity contribution is -0.142. The molecule has 0 aliphatic heterocycles. The number of aliphatic carboxylic acids is 1. The summed E-state index contributed by atoms with van der Waals surface area (Å²) in [5.41, 5.74) is 2.33. The number of aromatic nitrogens is 2. The zero-order chi connectivity index (χ0) is 19.7. The van der Waals surface area contributed by atoms with Crippen molar-refractivity contribution in [3.63, 3.8) is 0 Å². The largest absolute Gasteiger partial charge is 0.481 e. The first-order chi connectivity index (χ1) is 13.5. The second-order valence-corrected chi connectivity index (χ2v) is 7.77. The fourth-order valence-electron chi connectivity index (χ4n) is 3.62. The van der Waals surface area contributed by atoms with E-state index < -0.39 is 5.97 Å². The monoisotopic (exact) mass is 384 g/mol. The van der Waals surface area contributed by atoms with Gasteiger partial charge in [-0.2, -0.15) is 4.98 Å². The Balaban J connectivity index is 1.42. The third-order valence-corrected chi connectivity index (χ3v) is 5.45. The molecule has 2 aliphatic carbocycles. The van der Waals surface area contributed by atoms with Gasteiger partial charge in [-0.3, -0.25) is 4.79 Å². The van der Waals surface area contributed by atoms with Crippen molar-refractivity contribution in [2.24, 2.45) is 5.92 Å². The van der Waals surface area contributed by atoms with E-state index in [9.17, 15) is 9.59 Å². The maximum atomic E-state index is 12.5. The van der Waals surface area contributed by atoms with Crippen LogP contribution in [0.15, 0.2) is 22.7 Å². The van der Waals surface area contributed by atoms with E-state index >= 15 is 0 Å². The minimum atomic E-state index is -0.752. The summed E-state index contributed by atoms with van der Waals surface area (Å²) >= 11 is 0. The summed E-state index contributed by atoms with van der Waals surface area (Å²) in [6.07, 6.45) is 4.68. The molecule has 8 nitrogen and oxygen atoms in total. The van der Waals surface area contributed by atoms with E-state index in [1.807, 2.05) is 25.1 Å². The molecule has 1 aromatic heterocycles. The molecule has 0 unspecified atom stereocenters. The van der Waals surface area contributed by atoms with Crippen molar-refractivity contribution in [3.05, 3.63) is 29.6 Å². The molecule has 2 aliphatic rings. The van der Waals surface area contributed by atoms with Gasteiger partial charge in [0.2, 0.25) is 0 Å². The molecule has 0 saturated heterocycles. The van der Waals surface area contributed by atoms with Crippen LogP contribution < -0.4 is 10.6 Å². The van der Waals surface area contributed by atoms with Gasteiger partial charge in [0, 0.05) is 12.0 Å². The molecule has 2 fully saturated rings. The van der Waals surface area contributed by atoms with E-state index in [0.29, 0.717) is 48.7 Å². The molecule has 1 heterocycles. The van der Waals surface area contributed by atoms with Gasteiger partial charge >= 0.3 is 12.0 Å². The fourth-order valence-corrected chi connectivity index (χ4v) is 3.62. The molecule has 4 rings (SSSR count). The number of carbonyl (C=O) groups is 2. The first kappa shape index (κ1) is 18.5. The third-order valence-electron chi connectivity index (χ3n) is 5.45. The number of nitrogens with zero attached hydrogens (tertiary/aromatic N) is 2. The van der Waals surface area contributed by atoms with Gasteiger partial charge in [0.05, 0.1) is 17.2 Å². The molecular formula is C20H24N4O4. The van der Waals surface area contributed by atoms with Crippen LogP contribution in [0.5, 0.6) is 0 Å². The van der Waals surface area contributed by atoms with Crippen LogP contribution in [0.25, 0.3) is 11.5 Å². The lowest BCUT2D eigenvalue weighted by Gasteiger charge is -2.27. The van der Waals surface area contributed by atoms with Crippen molar-refractivity contribution in [2.75, 3.05) is 5.32 Å². The molecule has 2 aromatic rings. The molecule has 28 heavy (non-hydrogen) atoms. The molecule has 0 atom stereocenters. The lowest BCUT2D eigenvalue weighted by atomic mass is 9.86. The first-order valence-electron chi connectivity index (χ1n) is 9.74.